The number of carbonyl (C=O) groups is 1. The van der Waals surface area contributed by atoms with Crippen LogP contribution in [0.25, 0.3) is 0 Å². The monoisotopic (exact) mass is 209 g/mol. The van der Waals surface area contributed by atoms with Crippen molar-refractivity contribution >= 4 is 5.91 Å². The second kappa shape index (κ2) is 3.98. The van der Waals surface area contributed by atoms with Gasteiger partial charge in [-0.15, -0.1) is 0 Å². The standard InChI is InChI=1S/C9H11N3O3/c1-6-10-8(15-11-6)9(14)12-4-2-7(13)3-5-12/h1,7,13H,2-5H2. The minimum absolute atomic E-state index is 0.0459. The minimum atomic E-state index is -0.328. The molecule has 0 aromatic carbocycles. The molecule has 6 nitrogen and oxygen atoms in total. The molecular formula is C9H11N3O3. The first-order valence-corrected chi connectivity index (χ1v) is 4.73. The SMILES string of the molecule is [CH]c1noc(C(=O)N2CCC(O)CC2)n1. The summed E-state index contributed by atoms with van der Waals surface area (Å²) < 4.78 is 4.67. The summed E-state index contributed by atoms with van der Waals surface area (Å²) >= 11 is 0. The number of amides is 1. The average molecular weight is 209 g/mol. The molecule has 15 heavy (non-hydrogen) atoms. The smallest absolute Gasteiger partial charge is 0.316 e. The van der Waals surface area contributed by atoms with Crippen LogP contribution < -0.4 is 0 Å². The summed E-state index contributed by atoms with van der Waals surface area (Å²) in [5.41, 5.74) is 0. The van der Waals surface area contributed by atoms with Gasteiger partial charge < -0.3 is 14.5 Å². The normalized spacial score (nSPS) is 18.1. The van der Waals surface area contributed by atoms with Gasteiger partial charge in [0, 0.05) is 20.0 Å². The molecule has 1 amide bonds. The molecule has 1 aromatic heterocycles. The highest BCUT2D eigenvalue weighted by molar-refractivity contribution is 5.89. The molecular weight excluding hydrogens is 198 g/mol. The Morgan fingerprint density at radius 2 is 2.20 bits per heavy atom. The van der Waals surface area contributed by atoms with Crippen LogP contribution in [0.1, 0.15) is 29.4 Å². The van der Waals surface area contributed by atoms with E-state index in [2.05, 4.69) is 14.7 Å². The van der Waals surface area contributed by atoms with Crippen molar-refractivity contribution in [1.82, 2.24) is 15.0 Å². The molecule has 6 heteroatoms. The van der Waals surface area contributed by atoms with E-state index in [-0.39, 0.29) is 23.7 Å². The van der Waals surface area contributed by atoms with Crippen LogP contribution >= 0.6 is 0 Å². The van der Waals surface area contributed by atoms with Gasteiger partial charge in [0.2, 0.25) is 0 Å². The molecule has 1 saturated heterocycles. The first-order valence-electron chi connectivity index (χ1n) is 4.73. The molecule has 0 bridgehead atoms. The number of aliphatic hydroxyl groups excluding tert-OH is 1. The van der Waals surface area contributed by atoms with Gasteiger partial charge in [0.1, 0.15) is 0 Å². The van der Waals surface area contributed by atoms with Crippen molar-refractivity contribution in [3.05, 3.63) is 18.6 Å². The van der Waals surface area contributed by atoms with Crippen LogP contribution in [0.2, 0.25) is 0 Å². The molecule has 2 radical (unpaired) electrons. The lowest BCUT2D eigenvalue weighted by Crippen LogP contribution is -2.40. The maximum Gasteiger partial charge on any atom is 0.316 e. The lowest BCUT2D eigenvalue weighted by atomic mass is 10.1. The van der Waals surface area contributed by atoms with E-state index in [1.165, 1.54) is 0 Å². The van der Waals surface area contributed by atoms with Crippen molar-refractivity contribution in [2.75, 3.05) is 13.1 Å². The van der Waals surface area contributed by atoms with Gasteiger partial charge in [0.25, 0.3) is 0 Å². The molecule has 1 aliphatic heterocycles. The number of piperidine rings is 1. The molecule has 2 heterocycles. The summed E-state index contributed by atoms with van der Waals surface area (Å²) in [6.45, 7) is 6.25. The van der Waals surface area contributed by atoms with Gasteiger partial charge in [-0.1, -0.05) is 5.16 Å². The Balaban J connectivity index is 2.02. The Kier molecular flexibility index (Phi) is 2.68. The quantitative estimate of drug-likeness (QED) is 0.688. The third kappa shape index (κ3) is 2.15. The van der Waals surface area contributed by atoms with Crippen molar-refractivity contribution < 1.29 is 14.4 Å². The van der Waals surface area contributed by atoms with Crippen molar-refractivity contribution in [1.29, 1.82) is 0 Å². The highest BCUT2D eigenvalue weighted by atomic mass is 16.5. The van der Waals surface area contributed by atoms with Crippen molar-refractivity contribution in [3.8, 4) is 0 Å². The van der Waals surface area contributed by atoms with Gasteiger partial charge in [-0.3, -0.25) is 4.79 Å². The van der Waals surface area contributed by atoms with E-state index in [0.717, 1.165) is 0 Å². The van der Waals surface area contributed by atoms with Crippen LogP contribution in [0.15, 0.2) is 4.52 Å². The molecule has 0 saturated carbocycles. The summed E-state index contributed by atoms with van der Waals surface area (Å²) in [5.74, 6) is -0.467. The lowest BCUT2D eigenvalue weighted by Gasteiger charge is -2.28. The molecule has 1 fully saturated rings. The highest BCUT2D eigenvalue weighted by Crippen LogP contribution is 2.12. The molecule has 1 aliphatic rings. The number of hydrogen-bond donors (Lipinski definition) is 1. The van der Waals surface area contributed by atoms with Crippen molar-refractivity contribution in [3.63, 3.8) is 0 Å². The van der Waals surface area contributed by atoms with Crippen LogP contribution in [-0.2, 0) is 0 Å². The largest absolute Gasteiger partial charge is 0.393 e. The van der Waals surface area contributed by atoms with Crippen LogP contribution in [0.4, 0.5) is 0 Å². The summed E-state index contributed by atoms with van der Waals surface area (Å²) in [6, 6.07) is 0. The van der Waals surface area contributed by atoms with E-state index in [4.69, 9.17) is 6.92 Å². The Morgan fingerprint density at radius 1 is 1.53 bits per heavy atom. The van der Waals surface area contributed by atoms with Crippen LogP contribution in [0.5, 0.6) is 0 Å². The van der Waals surface area contributed by atoms with Crippen molar-refractivity contribution in [2.24, 2.45) is 0 Å². The first-order chi connectivity index (χ1) is 7.16. The second-order valence-corrected chi connectivity index (χ2v) is 3.48. The van der Waals surface area contributed by atoms with Crippen LogP contribution in [0.3, 0.4) is 0 Å². The second-order valence-electron chi connectivity index (χ2n) is 3.48. The molecule has 0 aliphatic carbocycles. The zero-order valence-electron chi connectivity index (χ0n) is 8.09. The van der Waals surface area contributed by atoms with E-state index >= 15 is 0 Å². The summed E-state index contributed by atoms with van der Waals surface area (Å²) in [7, 11) is 0. The van der Waals surface area contributed by atoms with E-state index < -0.39 is 0 Å². The fraction of sp³-hybridized carbons (Fsp3) is 0.556. The molecule has 2 rings (SSSR count). The predicted octanol–water partition coefficient (Wildman–Crippen LogP) is -0.274. The average Bonchev–Trinajstić information content (AvgIpc) is 2.65. The van der Waals surface area contributed by atoms with Gasteiger partial charge in [-0.2, -0.15) is 4.98 Å². The molecule has 0 spiro atoms. The Bertz CT molecular complexity index is 355. The van der Waals surface area contributed by atoms with Crippen molar-refractivity contribution in [2.45, 2.75) is 18.9 Å². The van der Waals surface area contributed by atoms with E-state index in [1.54, 1.807) is 4.90 Å². The molecule has 80 valence electrons. The number of nitrogens with zero attached hydrogens (tertiary/aromatic N) is 3. The van der Waals surface area contributed by atoms with Gasteiger partial charge >= 0.3 is 11.8 Å². The third-order valence-corrected chi connectivity index (χ3v) is 2.38. The Labute approximate surface area is 86.9 Å². The van der Waals surface area contributed by atoms with Gasteiger partial charge in [0.05, 0.1) is 6.10 Å². The van der Waals surface area contributed by atoms with E-state index in [9.17, 15) is 9.90 Å². The lowest BCUT2D eigenvalue weighted by molar-refractivity contribution is 0.0505. The van der Waals surface area contributed by atoms with E-state index in [1.807, 2.05) is 0 Å². The summed E-state index contributed by atoms with van der Waals surface area (Å²) in [4.78, 5) is 16.9. The number of rotatable bonds is 1. The Hall–Kier alpha value is -1.43. The molecule has 1 N–H and O–H groups in total. The topological polar surface area (TPSA) is 79.5 Å². The van der Waals surface area contributed by atoms with Gasteiger partial charge in [-0.05, 0) is 12.8 Å². The van der Waals surface area contributed by atoms with Crippen LogP contribution in [-0.4, -0.2) is 45.2 Å². The van der Waals surface area contributed by atoms with E-state index in [0.29, 0.717) is 25.9 Å². The maximum atomic E-state index is 11.7. The molecule has 0 atom stereocenters. The first kappa shape index (κ1) is 10.1. The number of aliphatic hydroxyl groups is 1. The minimum Gasteiger partial charge on any atom is -0.393 e. The van der Waals surface area contributed by atoms with Gasteiger partial charge in [0.15, 0.2) is 5.82 Å². The summed E-state index contributed by atoms with van der Waals surface area (Å²) in [6.07, 6.45) is 0.840. The zero-order valence-corrected chi connectivity index (χ0v) is 8.09. The van der Waals surface area contributed by atoms with Gasteiger partial charge in [-0.25, -0.2) is 0 Å². The third-order valence-electron chi connectivity index (χ3n) is 2.38. The summed E-state index contributed by atoms with van der Waals surface area (Å²) in [5, 5.41) is 12.6. The highest BCUT2D eigenvalue weighted by Gasteiger charge is 2.25. The maximum absolute atomic E-state index is 11.7. The number of likely N-dealkylation sites (tertiary alicyclic amines) is 1. The number of aromatic nitrogens is 2. The molecule has 0 unspecified atom stereocenters. The predicted molar refractivity (Wildman–Crippen MR) is 48.8 cm³/mol. The zero-order chi connectivity index (χ0) is 10.8. The number of carbonyl (C=O) groups excluding carboxylic acids is 1. The fourth-order valence-electron chi connectivity index (χ4n) is 1.53. The number of hydrogen-bond acceptors (Lipinski definition) is 5. The van der Waals surface area contributed by atoms with Crippen LogP contribution in [0, 0.1) is 6.92 Å². The Morgan fingerprint density at radius 3 is 2.73 bits per heavy atom. The molecule has 1 aromatic rings. The fourth-order valence-corrected chi connectivity index (χ4v) is 1.53.